The maximum absolute atomic E-state index is 12.2. The maximum atomic E-state index is 12.2. The zero-order valence-electron chi connectivity index (χ0n) is 12.5. The Morgan fingerprint density at radius 1 is 1.29 bits per heavy atom. The van der Waals surface area contributed by atoms with Crippen molar-refractivity contribution < 1.29 is 9.32 Å². The average molecular weight is 289 g/mol. The van der Waals surface area contributed by atoms with Gasteiger partial charge in [0, 0.05) is 18.7 Å². The molecule has 112 valence electrons. The first kappa shape index (κ1) is 15.0. The van der Waals surface area contributed by atoms with E-state index in [1.165, 1.54) is 4.57 Å². The Morgan fingerprint density at radius 3 is 2.57 bits per heavy atom. The SMILES string of the molecule is CCN(CC)C(=O)Cn1c(-c2ccccc2C)noc1=O. The van der Waals surface area contributed by atoms with Crippen LogP contribution in [0.1, 0.15) is 19.4 Å². The van der Waals surface area contributed by atoms with Gasteiger partial charge >= 0.3 is 5.76 Å². The molecule has 0 aliphatic carbocycles. The van der Waals surface area contributed by atoms with E-state index in [2.05, 4.69) is 5.16 Å². The molecule has 1 amide bonds. The van der Waals surface area contributed by atoms with Crippen LogP contribution in [0.2, 0.25) is 0 Å². The van der Waals surface area contributed by atoms with Crippen LogP contribution in [0.25, 0.3) is 11.4 Å². The average Bonchev–Trinajstić information content (AvgIpc) is 2.82. The quantitative estimate of drug-likeness (QED) is 0.840. The number of hydrogen-bond donors (Lipinski definition) is 0. The fourth-order valence-electron chi connectivity index (χ4n) is 2.24. The Bertz CT molecular complexity index is 683. The number of aromatic nitrogens is 2. The molecule has 2 rings (SSSR count). The predicted octanol–water partition coefficient (Wildman–Crippen LogP) is 1.68. The minimum absolute atomic E-state index is 0.0618. The van der Waals surface area contributed by atoms with Crippen molar-refractivity contribution in [3.8, 4) is 11.4 Å². The summed E-state index contributed by atoms with van der Waals surface area (Å²) >= 11 is 0. The third-order valence-electron chi connectivity index (χ3n) is 3.48. The Hall–Kier alpha value is -2.37. The van der Waals surface area contributed by atoms with E-state index < -0.39 is 5.76 Å². The molecule has 0 bridgehead atoms. The molecule has 6 nitrogen and oxygen atoms in total. The standard InChI is InChI=1S/C15H19N3O3/c1-4-17(5-2)13(19)10-18-14(16-21-15(18)20)12-9-7-6-8-11(12)3/h6-9H,4-5,10H2,1-3H3. The summed E-state index contributed by atoms with van der Waals surface area (Å²) < 4.78 is 6.02. The number of aryl methyl sites for hydroxylation is 1. The van der Waals surface area contributed by atoms with Crippen molar-refractivity contribution >= 4 is 5.91 Å². The zero-order chi connectivity index (χ0) is 15.4. The van der Waals surface area contributed by atoms with Gasteiger partial charge in [0.1, 0.15) is 6.54 Å². The second-order valence-corrected chi connectivity index (χ2v) is 4.74. The van der Waals surface area contributed by atoms with Crippen LogP contribution >= 0.6 is 0 Å². The van der Waals surface area contributed by atoms with Gasteiger partial charge in [0.05, 0.1) is 0 Å². The molecule has 0 aliphatic rings. The van der Waals surface area contributed by atoms with Crippen molar-refractivity contribution in [2.45, 2.75) is 27.3 Å². The molecule has 1 aromatic carbocycles. The molecule has 0 atom stereocenters. The lowest BCUT2D eigenvalue weighted by molar-refractivity contribution is -0.131. The van der Waals surface area contributed by atoms with Crippen LogP contribution in [0.5, 0.6) is 0 Å². The lowest BCUT2D eigenvalue weighted by Gasteiger charge is -2.18. The number of carbonyl (C=O) groups excluding carboxylic acids is 1. The highest BCUT2D eigenvalue weighted by molar-refractivity contribution is 5.76. The first-order valence-corrected chi connectivity index (χ1v) is 6.98. The first-order chi connectivity index (χ1) is 10.1. The van der Waals surface area contributed by atoms with Gasteiger partial charge < -0.3 is 4.90 Å². The molecule has 0 aliphatic heterocycles. The molecule has 0 radical (unpaired) electrons. The summed E-state index contributed by atoms with van der Waals surface area (Å²) in [5.74, 6) is -0.354. The molecule has 0 N–H and O–H groups in total. The molecule has 2 aromatic rings. The van der Waals surface area contributed by atoms with E-state index in [9.17, 15) is 9.59 Å². The van der Waals surface area contributed by atoms with E-state index >= 15 is 0 Å². The van der Waals surface area contributed by atoms with Gasteiger partial charge in [0.15, 0.2) is 5.82 Å². The van der Waals surface area contributed by atoms with Crippen molar-refractivity contribution in [1.82, 2.24) is 14.6 Å². The minimum atomic E-state index is -0.617. The van der Waals surface area contributed by atoms with Gasteiger partial charge in [-0.25, -0.2) is 9.36 Å². The van der Waals surface area contributed by atoms with Gasteiger partial charge in [-0.05, 0) is 26.3 Å². The van der Waals surface area contributed by atoms with Crippen LogP contribution in [0.4, 0.5) is 0 Å². The first-order valence-electron chi connectivity index (χ1n) is 6.98. The highest BCUT2D eigenvalue weighted by Crippen LogP contribution is 2.20. The number of amides is 1. The molecule has 21 heavy (non-hydrogen) atoms. The second-order valence-electron chi connectivity index (χ2n) is 4.74. The molecule has 1 heterocycles. The van der Waals surface area contributed by atoms with Crippen molar-refractivity contribution in [3.63, 3.8) is 0 Å². The Morgan fingerprint density at radius 2 is 1.95 bits per heavy atom. The fraction of sp³-hybridized carbons (Fsp3) is 0.400. The van der Waals surface area contributed by atoms with Gasteiger partial charge in [0.2, 0.25) is 5.91 Å². The number of benzene rings is 1. The largest absolute Gasteiger partial charge is 0.442 e. The van der Waals surface area contributed by atoms with Crippen LogP contribution in [-0.2, 0) is 11.3 Å². The van der Waals surface area contributed by atoms with Crippen molar-refractivity contribution in [2.75, 3.05) is 13.1 Å². The molecule has 0 spiro atoms. The van der Waals surface area contributed by atoms with Crippen molar-refractivity contribution in [2.24, 2.45) is 0 Å². The summed E-state index contributed by atoms with van der Waals surface area (Å²) in [4.78, 5) is 25.7. The van der Waals surface area contributed by atoms with Gasteiger partial charge in [-0.3, -0.25) is 9.32 Å². The summed E-state index contributed by atoms with van der Waals surface area (Å²) in [5.41, 5.74) is 1.76. The lowest BCUT2D eigenvalue weighted by Crippen LogP contribution is -2.35. The van der Waals surface area contributed by atoms with E-state index in [-0.39, 0.29) is 12.5 Å². The van der Waals surface area contributed by atoms with E-state index in [0.717, 1.165) is 11.1 Å². The number of likely N-dealkylation sites (N-methyl/N-ethyl adjacent to an activating group) is 1. The minimum Gasteiger partial charge on any atom is -0.342 e. The van der Waals surface area contributed by atoms with Gasteiger partial charge in [-0.1, -0.05) is 29.4 Å². The highest BCUT2D eigenvalue weighted by atomic mass is 16.5. The third kappa shape index (κ3) is 3.04. The molecular weight excluding hydrogens is 270 g/mol. The Kier molecular flexibility index (Phi) is 4.57. The lowest BCUT2D eigenvalue weighted by atomic mass is 10.1. The molecule has 6 heteroatoms. The van der Waals surface area contributed by atoms with E-state index in [4.69, 9.17) is 4.52 Å². The maximum Gasteiger partial charge on any atom is 0.442 e. The number of hydrogen-bond acceptors (Lipinski definition) is 4. The highest BCUT2D eigenvalue weighted by Gasteiger charge is 2.19. The van der Waals surface area contributed by atoms with Crippen LogP contribution in [0, 0.1) is 6.92 Å². The van der Waals surface area contributed by atoms with Crippen LogP contribution in [0.3, 0.4) is 0 Å². The van der Waals surface area contributed by atoms with Crippen LogP contribution in [0.15, 0.2) is 33.6 Å². The molecule has 0 fully saturated rings. The molecule has 0 unspecified atom stereocenters. The zero-order valence-corrected chi connectivity index (χ0v) is 12.5. The van der Waals surface area contributed by atoms with E-state index in [1.54, 1.807) is 4.90 Å². The number of rotatable bonds is 5. The topological polar surface area (TPSA) is 68.3 Å². The van der Waals surface area contributed by atoms with Crippen molar-refractivity contribution in [3.05, 3.63) is 40.4 Å². The summed E-state index contributed by atoms with van der Waals surface area (Å²) in [6, 6.07) is 7.54. The van der Waals surface area contributed by atoms with Gasteiger partial charge in [0.25, 0.3) is 0 Å². The molecular formula is C15H19N3O3. The molecule has 1 aromatic heterocycles. The fourth-order valence-corrected chi connectivity index (χ4v) is 2.24. The van der Waals surface area contributed by atoms with Gasteiger partial charge in [-0.15, -0.1) is 0 Å². The van der Waals surface area contributed by atoms with Crippen LogP contribution < -0.4 is 5.76 Å². The molecule has 0 saturated carbocycles. The van der Waals surface area contributed by atoms with Crippen LogP contribution in [-0.4, -0.2) is 33.6 Å². The van der Waals surface area contributed by atoms with E-state index in [0.29, 0.717) is 18.9 Å². The summed E-state index contributed by atoms with van der Waals surface area (Å²) in [5, 5.41) is 3.82. The summed E-state index contributed by atoms with van der Waals surface area (Å²) in [6.45, 7) is 6.88. The van der Waals surface area contributed by atoms with Gasteiger partial charge in [-0.2, -0.15) is 0 Å². The Balaban J connectivity index is 2.38. The predicted molar refractivity (Wildman–Crippen MR) is 78.9 cm³/mol. The third-order valence-corrected chi connectivity index (χ3v) is 3.48. The second kappa shape index (κ2) is 6.39. The van der Waals surface area contributed by atoms with E-state index in [1.807, 2.05) is 45.0 Å². The number of carbonyl (C=O) groups is 1. The normalized spacial score (nSPS) is 10.6. The molecule has 0 saturated heterocycles. The van der Waals surface area contributed by atoms with Crippen molar-refractivity contribution in [1.29, 1.82) is 0 Å². The Labute approximate surface area is 123 Å². The summed E-state index contributed by atoms with van der Waals surface area (Å²) in [6.07, 6.45) is 0. The number of nitrogens with zero attached hydrogens (tertiary/aromatic N) is 3. The monoisotopic (exact) mass is 289 g/mol. The smallest absolute Gasteiger partial charge is 0.342 e. The summed E-state index contributed by atoms with van der Waals surface area (Å²) in [7, 11) is 0.